The van der Waals surface area contributed by atoms with Crippen LogP contribution < -0.4 is 15.8 Å². The van der Waals surface area contributed by atoms with Gasteiger partial charge in [0.2, 0.25) is 11.8 Å². The highest BCUT2D eigenvalue weighted by molar-refractivity contribution is 5.82. The number of rotatable bonds is 4. The van der Waals surface area contributed by atoms with Gasteiger partial charge in [0.1, 0.15) is 6.04 Å². The molecule has 84 valence electrons. The zero-order valence-electron chi connectivity index (χ0n) is 9.37. The summed E-state index contributed by atoms with van der Waals surface area (Å²) in [4.78, 5) is 11.2. The molecule has 1 rings (SSSR count). The molecule has 3 N–H and O–H groups in total. The van der Waals surface area contributed by atoms with Gasteiger partial charge in [0.05, 0.1) is 18.4 Å². The van der Waals surface area contributed by atoms with Crippen LogP contribution in [0.15, 0.2) is 0 Å². The number of nitrogens with two attached hydrogens (primary N) is 1. The molecular weight excluding hydrogens is 196 g/mol. The lowest BCUT2D eigenvalue weighted by Gasteiger charge is -2.13. The Labute approximate surface area is 88.4 Å². The predicted octanol–water partition coefficient (Wildman–Crippen LogP) is -0.517. The molecule has 1 aromatic heterocycles. The summed E-state index contributed by atoms with van der Waals surface area (Å²) in [6, 6.07) is -0.575. The third kappa shape index (κ3) is 1.94. The first-order valence-corrected chi connectivity index (χ1v) is 4.57. The Hall–Kier alpha value is -1.56. The maximum Gasteiger partial charge on any atom is 0.239 e. The standard InChI is InChI=1S/C9H16N4O2/c1-5-6(7(11-2)8(10)14)9(15-4)13(3)12-5/h7,11H,1-4H3,(H2,10,14). The molecule has 1 unspecified atom stereocenters. The number of carbonyl (C=O) groups is 1. The molecule has 1 atom stereocenters. The zero-order valence-corrected chi connectivity index (χ0v) is 9.37. The quantitative estimate of drug-likeness (QED) is 0.703. The van der Waals surface area contributed by atoms with Crippen molar-refractivity contribution in [1.82, 2.24) is 15.1 Å². The van der Waals surface area contributed by atoms with Gasteiger partial charge in [-0.3, -0.25) is 4.79 Å². The van der Waals surface area contributed by atoms with Crippen LogP contribution in [0.3, 0.4) is 0 Å². The Bertz CT molecular complexity index is 372. The van der Waals surface area contributed by atoms with Gasteiger partial charge < -0.3 is 15.8 Å². The molecule has 1 heterocycles. The van der Waals surface area contributed by atoms with Crippen molar-refractivity contribution < 1.29 is 9.53 Å². The number of hydrogen-bond acceptors (Lipinski definition) is 4. The van der Waals surface area contributed by atoms with Crippen LogP contribution >= 0.6 is 0 Å². The number of hydrogen-bond donors (Lipinski definition) is 2. The Morgan fingerprint density at radius 1 is 1.67 bits per heavy atom. The highest BCUT2D eigenvalue weighted by Crippen LogP contribution is 2.27. The van der Waals surface area contributed by atoms with Crippen molar-refractivity contribution in [3.05, 3.63) is 11.3 Å². The molecular formula is C9H16N4O2. The molecule has 0 saturated heterocycles. The molecule has 0 aromatic carbocycles. The van der Waals surface area contributed by atoms with Crippen molar-refractivity contribution in [2.75, 3.05) is 14.2 Å². The van der Waals surface area contributed by atoms with E-state index in [0.717, 1.165) is 5.69 Å². The van der Waals surface area contributed by atoms with Gasteiger partial charge >= 0.3 is 0 Å². The monoisotopic (exact) mass is 212 g/mol. The van der Waals surface area contributed by atoms with E-state index < -0.39 is 11.9 Å². The van der Waals surface area contributed by atoms with Gasteiger partial charge in [0, 0.05) is 7.05 Å². The lowest BCUT2D eigenvalue weighted by Crippen LogP contribution is -2.31. The predicted molar refractivity (Wildman–Crippen MR) is 55.5 cm³/mol. The molecule has 0 aliphatic heterocycles. The summed E-state index contributed by atoms with van der Waals surface area (Å²) < 4.78 is 6.76. The molecule has 0 spiro atoms. The molecule has 6 nitrogen and oxygen atoms in total. The normalized spacial score (nSPS) is 12.5. The SMILES string of the molecule is CNC(C(N)=O)c1c(C)nn(C)c1OC. The summed E-state index contributed by atoms with van der Waals surface area (Å²) in [5.74, 6) is 0.0950. The summed E-state index contributed by atoms with van der Waals surface area (Å²) in [5.41, 5.74) is 6.71. The lowest BCUT2D eigenvalue weighted by atomic mass is 10.1. The summed E-state index contributed by atoms with van der Waals surface area (Å²) in [6.45, 7) is 1.81. The second kappa shape index (κ2) is 4.31. The number of methoxy groups -OCH3 is 1. The van der Waals surface area contributed by atoms with Crippen LogP contribution in [-0.4, -0.2) is 29.8 Å². The molecule has 0 fully saturated rings. The third-order valence-electron chi connectivity index (χ3n) is 2.27. The fraction of sp³-hybridized carbons (Fsp3) is 0.556. The van der Waals surface area contributed by atoms with Crippen LogP contribution in [0, 0.1) is 6.92 Å². The summed E-state index contributed by atoms with van der Waals surface area (Å²) >= 11 is 0. The molecule has 0 bridgehead atoms. The molecule has 0 aliphatic rings. The zero-order chi connectivity index (χ0) is 11.6. The Balaban J connectivity index is 3.27. The van der Waals surface area contributed by atoms with Crippen LogP contribution in [0.25, 0.3) is 0 Å². The average Bonchev–Trinajstić information content (AvgIpc) is 2.42. The number of nitrogens with one attached hydrogen (secondary N) is 1. The van der Waals surface area contributed by atoms with Crippen molar-refractivity contribution in [3.63, 3.8) is 0 Å². The molecule has 6 heteroatoms. The highest BCUT2D eigenvalue weighted by Gasteiger charge is 2.25. The van der Waals surface area contributed by atoms with Crippen molar-refractivity contribution in [2.24, 2.45) is 12.8 Å². The largest absolute Gasteiger partial charge is 0.481 e. The van der Waals surface area contributed by atoms with E-state index >= 15 is 0 Å². The lowest BCUT2D eigenvalue weighted by molar-refractivity contribution is -0.120. The maximum absolute atomic E-state index is 11.2. The summed E-state index contributed by atoms with van der Waals surface area (Å²) in [6.07, 6.45) is 0. The van der Waals surface area contributed by atoms with Gasteiger partial charge in [-0.2, -0.15) is 5.10 Å². The second-order valence-corrected chi connectivity index (χ2v) is 3.26. The number of amides is 1. The second-order valence-electron chi connectivity index (χ2n) is 3.26. The maximum atomic E-state index is 11.2. The fourth-order valence-electron chi connectivity index (χ4n) is 1.66. The Morgan fingerprint density at radius 2 is 2.27 bits per heavy atom. The van der Waals surface area contributed by atoms with Crippen LogP contribution in [0.4, 0.5) is 0 Å². The first-order valence-electron chi connectivity index (χ1n) is 4.57. The molecule has 0 saturated carbocycles. The van der Waals surface area contributed by atoms with Crippen molar-refractivity contribution in [1.29, 1.82) is 0 Å². The van der Waals surface area contributed by atoms with Crippen molar-refractivity contribution in [3.8, 4) is 5.88 Å². The van der Waals surface area contributed by atoms with Crippen LogP contribution in [-0.2, 0) is 11.8 Å². The first-order chi connectivity index (χ1) is 7.02. The van der Waals surface area contributed by atoms with Gasteiger partial charge in [-0.1, -0.05) is 0 Å². The van der Waals surface area contributed by atoms with Gasteiger partial charge in [-0.25, -0.2) is 4.68 Å². The van der Waals surface area contributed by atoms with Gasteiger partial charge in [0.25, 0.3) is 0 Å². The first kappa shape index (κ1) is 11.5. The van der Waals surface area contributed by atoms with Gasteiger partial charge in [-0.05, 0) is 14.0 Å². The van der Waals surface area contributed by atoms with Crippen LogP contribution in [0.2, 0.25) is 0 Å². The third-order valence-corrected chi connectivity index (χ3v) is 2.27. The highest BCUT2D eigenvalue weighted by atomic mass is 16.5. The van der Waals surface area contributed by atoms with E-state index in [2.05, 4.69) is 10.4 Å². The Morgan fingerprint density at radius 3 is 2.67 bits per heavy atom. The smallest absolute Gasteiger partial charge is 0.239 e. The minimum absolute atomic E-state index is 0.452. The topological polar surface area (TPSA) is 82.2 Å². The molecule has 15 heavy (non-hydrogen) atoms. The van der Waals surface area contributed by atoms with E-state index in [9.17, 15) is 4.79 Å². The molecule has 0 aliphatic carbocycles. The fourth-order valence-corrected chi connectivity index (χ4v) is 1.66. The summed E-state index contributed by atoms with van der Waals surface area (Å²) in [7, 11) is 4.96. The van der Waals surface area contributed by atoms with Crippen molar-refractivity contribution in [2.45, 2.75) is 13.0 Å². The number of primary amides is 1. The van der Waals surface area contributed by atoms with E-state index in [1.54, 1.807) is 18.8 Å². The summed E-state index contributed by atoms with van der Waals surface area (Å²) in [5, 5.41) is 7.02. The van der Waals surface area contributed by atoms with E-state index in [0.29, 0.717) is 11.4 Å². The molecule has 1 amide bonds. The van der Waals surface area contributed by atoms with E-state index in [-0.39, 0.29) is 0 Å². The number of carbonyl (C=O) groups excluding carboxylic acids is 1. The van der Waals surface area contributed by atoms with Crippen molar-refractivity contribution >= 4 is 5.91 Å². The molecule has 1 aromatic rings. The minimum Gasteiger partial charge on any atom is -0.481 e. The number of aryl methyl sites for hydroxylation is 2. The van der Waals surface area contributed by atoms with E-state index in [1.807, 2.05) is 6.92 Å². The van der Waals surface area contributed by atoms with Gasteiger partial charge in [-0.15, -0.1) is 0 Å². The van der Waals surface area contributed by atoms with Crippen LogP contribution in [0.5, 0.6) is 5.88 Å². The number of nitrogens with zero attached hydrogens (tertiary/aromatic N) is 2. The van der Waals surface area contributed by atoms with Gasteiger partial charge in [0.15, 0.2) is 0 Å². The number of ether oxygens (including phenoxy) is 1. The number of likely N-dealkylation sites (N-methyl/N-ethyl adjacent to an activating group) is 1. The van der Waals surface area contributed by atoms with E-state index in [4.69, 9.17) is 10.5 Å². The minimum atomic E-state index is -0.575. The molecule has 0 radical (unpaired) electrons. The average molecular weight is 212 g/mol. The van der Waals surface area contributed by atoms with Crippen LogP contribution in [0.1, 0.15) is 17.3 Å². The Kier molecular flexibility index (Phi) is 3.31. The van der Waals surface area contributed by atoms with E-state index in [1.165, 1.54) is 7.11 Å². The number of aromatic nitrogens is 2.